The SMILES string of the molecule is Cc1nccn1CCNc1ccc(Br)cc1Cl. The van der Waals surface area contributed by atoms with Gasteiger partial charge >= 0.3 is 0 Å². The van der Waals surface area contributed by atoms with Gasteiger partial charge in [-0.25, -0.2) is 4.98 Å². The average molecular weight is 315 g/mol. The zero-order valence-electron chi connectivity index (χ0n) is 9.45. The second kappa shape index (κ2) is 5.56. The molecule has 3 nitrogen and oxygen atoms in total. The Labute approximate surface area is 114 Å². The summed E-state index contributed by atoms with van der Waals surface area (Å²) in [6.07, 6.45) is 3.78. The molecule has 2 aromatic rings. The predicted molar refractivity (Wildman–Crippen MR) is 74.6 cm³/mol. The fourth-order valence-electron chi connectivity index (χ4n) is 1.58. The summed E-state index contributed by atoms with van der Waals surface area (Å²) in [6.45, 7) is 3.68. The Kier molecular flexibility index (Phi) is 4.07. The van der Waals surface area contributed by atoms with E-state index in [1.165, 1.54) is 0 Å². The lowest BCUT2D eigenvalue weighted by Gasteiger charge is -2.10. The number of hydrogen-bond donors (Lipinski definition) is 1. The maximum absolute atomic E-state index is 6.11. The molecule has 5 heteroatoms. The first kappa shape index (κ1) is 12.5. The van der Waals surface area contributed by atoms with Crippen LogP contribution in [0.2, 0.25) is 5.02 Å². The van der Waals surface area contributed by atoms with Crippen LogP contribution in [-0.2, 0) is 6.54 Å². The van der Waals surface area contributed by atoms with Crippen LogP contribution in [0.3, 0.4) is 0 Å². The fourth-order valence-corrected chi connectivity index (χ4v) is 2.32. The molecule has 2 rings (SSSR count). The second-order valence-corrected chi connectivity index (χ2v) is 5.04. The minimum Gasteiger partial charge on any atom is -0.382 e. The molecule has 0 amide bonds. The zero-order chi connectivity index (χ0) is 12.3. The molecule has 1 heterocycles. The Morgan fingerprint density at radius 2 is 2.29 bits per heavy atom. The summed E-state index contributed by atoms with van der Waals surface area (Å²) in [5.74, 6) is 1.02. The summed E-state index contributed by atoms with van der Waals surface area (Å²) in [6, 6.07) is 5.82. The first-order chi connectivity index (χ1) is 8.16. The van der Waals surface area contributed by atoms with Crippen molar-refractivity contribution < 1.29 is 0 Å². The standard InChI is InChI=1S/C12H13BrClN3/c1-9-15-4-6-17(9)7-5-16-12-3-2-10(13)8-11(12)14/h2-4,6,8,16H,5,7H2,1H3. The molecule has 0 aliphatic heterocycles. The Balaban J connectivity index is 1.92. The van der Waals surface area contributed by atoms with Gasteiger partial charge in [-0.15, -0.1) is 0 Å². The molecule has 0 aliphatic carbocycles. The highest BCUT2D eigenvalue weighted by Crippen LogP contribution is 2.25. The summed E-state index contributed by atoms with van der Waals surface area (Å²) >= 11 is 9.49. The van der Waals surface area contributed by atoms with Gasteiger partial charge < -0.3 is 9.88 Å². The van der Waals surface area contributed by atoms with Crippen molar-refractivity contribution >= 4 is 33.2 Å². The molecule has 0 unspecified atom stereocenters. The van der Waals surface area contributed by atoms with E-state index < -0.39 is 0 Å². The monoisotopic (exact) mass is 313 g/mol. The Bertz CT molecular complexity index is 510. The summed E-state index contributed by atoms with van der Waals surface area (Å²) < 4.78 is 3.08. The first-order valence-electron chi connectivity index (χ1n) is 5.33. The molecular weight excluding hydrogens is 302 g/mol. The number of nitrogens with one attached hydrogen (secondary N) is 1. The van der Waals surface area contributed by atoms with Crippen LogP contribution in [-0.4, -0.2) is 16.1 Å². The van der Waals surface area contributed by atoms with Crippen LogP contribution in [0.25, 0.3) is 0 Å². The van der Waals surface area contributed by atoms with Crippen LogP contribution in [0.15, 0.2) is 35.1 Å². The van der Waals surface area contributed by atoms with Gasteiger partial charge in [0.2, 0.25) is 0 Å². The Morgan fingerprint density at radius 3 is 2.94 bits per heavy atom. The highest BCUT2D eigenvalue weighted by molar-refractivity contribution is 9.10. The van der Waals surface area contributed by atoms with Crippen LogP contribution < -0.4 is 5.32 Å². The van der Waals surface area contributed by atoms with Crippen LogP contribution in [0, 0.1) is 6.92 Å². The van der Waals surface area contributed by atoms with Gasteiger partial charge in [0.25, 0.3) is 0 Å². The van der Waals surface area contributed by atoms with Crippen LogP contribution in [0.5, 0.6) is 0 Å². The Morgan fingerprint density at radius 1 is 1.47 bits per heavy atom. The summed E-state index contributed by atoms with van der Waals surface area (Å²) in [7, 11) is 0. The largest absolute Gasteiger partial charge is 0.382 e. The minimum atomic E-state index is 0.724. The molecule has 1 N–H and O–H groups in total. The molecule has 0 saturated heterocycles. The van der Waals surface area contributed by atoms with Crippen molar-refractivity contribution in [1.29, 1.82) is 0 Å². The normalized spacial score (nSPS) is 10.5. The van der Waals surface area contributed by atoms with E-state index in [9.17, 15) is 0 Å². The van der Waals surface area contributed by atoms with E-state index in [1.807, 2.05) is 37.5 Å². The van der Waals surface area contributed by atoms with E-state index in [1.54, 1.807) is 0 Å². The van der Waals surface area contributed by atoms with E-state index in [0.717, 1.165) is 34.1 Å². The maximum Gasteiger partial charge on any atom is 0.105 e. The van der Waals surface area contributed by atoms with E-state index in [4.69, 9.17) is 11.6 Å². The quantitative estimate of drug-likeness (QED) is 0.932. The predicted octanol–water partition coefficient (Wildman–Crippen LogP) is 3.72. The molecule has 0 atom stereocenters. The number of aryl methyl sites for hydroxylation is 1. The summed E-state index contributed by atoms with van der Waals surface area (Å²) in [4.78, 5) is 4.17. The molecule has 0 spiro atoms. The topological polar surface area (TPSA) is 29.9 Å². The smallest absolute Gasteiger partial charge is 0.105 e. The van der Waals surface area contributed by atoms with Gasteiger partial charge in [0.05, 0.1) is 10.7 Å². The highest BCUT2D eigenvalue weighted by atomic mass is 79.9. The highest BCUT2D eigenvalue weighted by Gasteiger charge is 2.01. The van der Waals surface area contributed by atoms with E-state index in [0.29, 0.717) is 0 Å². The lowest BCUT2D eigenvalue weighted by Crippen LogP contribution is -2.11. The number of benzene rings is 1. The number of hydrogen-bond acceptors (Lipinski definition) is 2. The molecule has 0 saturated carbocycles. The van der Waals surface area contributed by atoms with Crippen molar-refractivity contribution in [3.63, 3.8) is 0 Å². The number of nitrogens with zero attached hydrogens (tertiary/aromatic N) is 2. The van der Waals surface area contributed by atoms with Gasteiger partial charge in [-0.1, -0.05) is 27.5 Å². The molecule has 17 heavy (non-hydrogen) atoms. The fraction of sp³-hybridized carbons (Fsp3) is 0.250. The average Bonchev–Trinajstić information content (AvgIpc) is 2.68. The van der Waals surface area contributed by atoms with Crippen molar-refractivity contribution in [2.75, 3.05) is 11.9 Å². The van der Waals surface area contributed by atoms with Crippen molar-refractivity contribution in [3.8, 4) is 0 Å². The third kappa shape index (κ3) is 3.23. The van der Waals surface area contributed by atoms with Gasteiger partial charge in [-0.05, 0) is 25.1 Å². The zero-order valence-corrected chi connectivity index (χ0v) is 11.8. The van der Waals surface area contributed by atoms with E-state index in [2.05, 4.69) is 30.8 Å². The molecule has 0 fully saturated rings. The molecule has 90 valence electrons. The number of imidazole rings is 1. The molecular formula is C12H13BrClN3. The molecule has 0 bridgehead atoms. The van der Waals surface area contributed by atoms with E-state index in [-0.39, 0.29) is 0 Å². The first-order valence-corrected chi connectivity index (χ1v) is 6.50. The van der Waals surface area contributed by atoms with Gasteiger partial charge in [0.1, 0.15) is 5.82 Å². The summed E-state index contributed by atoms with van der Waals surface area (Å²) in [5.41, 5.74) is 0.952. The molecule has 0 radical (unpaired) electrons. The van der Waals surface area contributed by atoms with Crippen molar-refractivity contribution in [2.45, 2.75) is 13.5 Å². The number of anilines is 1. The third-order valence-corrected chi connectivity index (χ3v) is 3.33. The van der Waals surface area contributed by atoms with Crippen LogP contribution in [0.4, 0.5) is 5.69 Å². The lowest BCUT2D eigenvalue weighted by atomic mass is 10.3. The van der Waals surface area contributed by atoms with Crippen molar-refractivity contribution in [3.05, 3.63) is 45.9 Å². The van der Waals surface area contributed by atoms with Crippen molar-refractivity contribution in [1.82, 2.24) is 9.55 Å². The third-order valence-electron chi connectivity index (χ3n) is 2.52. The number of rotatable bonds is 4. The van der Waals surface area contributed by atoms with Gasteiger partial charge in [0.15, 0.2) is 0 Å². The summed E-state index contributed by atoms with van der Waals surface area (Å²) in [5, 5.41) is 4.03. The lowest BCUT2D eigenvalue weighted by molar-refractivity contribution is 0.701. The Hall–Kier alpha value is -1.000. The maximum atomic E-state index is 6.11. The molecule has 1 aromatic carbocycles. The van der Waals surface area contributed by atoms with E-state index >= 15 is 0 Å². The van der Waals surface area contributed by atoms with Gasteiger partial charge in [-0.2, -0.15) is 0 Å². The van der Waals surface area contributed by atoms with Crippen LogP contribution >= 0.6 is 27.5 Å². The number of aromatic nitrogens is 2. The number of halogens is 2. The molecule has 0 aliphatic rings. The van der Waals surface area contributed by atoms with Gasteiger partial charge in [-0.3, -0.25) is 0 Å². The van der Waals surface area contributed by atoms with Crippen molar-refractivity contribution in [2.24, 2.45) is 0 Å². The van der Waals surface area contributed by atoms with Crippen LogP contribution in [0.1, 0.15) is 5.82 Å². The second-order valence-electron chi connectivity index (χ2n) is 3.72. The molecule has 1 aromatic heterocycles. The van der Waals surface area contributed by atoms with Gasteiger partial charge in [0, 0.05) is 30.0 Å². The minimum absolute atomic E-state index is 0.724.